The van der Waals surface area contributed by atoms with Crippen LogP contribution in [0, 0.1) is 0 Å². The molecule has 23 heavy (non-hydrogen) atoms. The smallest absolute Gasteiger partial charge is 0.312 e. The van der Waals surface area contributed by atoms with Crippen LogP contribution in [0.4, 0.5) is 4.79 Å². The number of nitrogens with one attached hydrogen (secondary N) is 2. The first-order chi connectivity index (χ1) is 11.1. The third-order valence-corrected chi connectivity index (χ3v) is 4.10. The number of amides is 3. The second kappa shape index (κ2) is 8.85. The highest BCUT2D eigenvalue weighted by molar-refractivity contribution is 7.99. The molecule has 2 aromatic carbocycles. The lowest BCUT2D eigenvalue weighted by Crippen LogP contribution is -2.28. The number of urea groups is 1. The van der Waals surface area contributed by atoms with Crippen molar-refractivity contribution in [3.63, 3.8) is 0 Å². The zero-order chi connectivity index (χ0) is 16.5. The van der Waals surface area contributed by atoms with Crippen LogP contribution in [-0.4, -0.2) is 24.2 Å². The summed E-state index contributed by atoms with van der Waals surface area (Å²) in [6.07, 6.45) is 0. The van der Waals surface area contributed by atoms with Crippen molar-refractivity contribution in [2.24, 2.45) is 5.73 Å². The van der Waals surface area contributed by atoms with Crippen LogP contribution in [-0.2, 0) is 6.54 Å². The van der Waals surface area contributed by atoms with Crippen molar-refractivity contribution in [3.05, 3.63) is 65.7 Å². The van der Waals surface area contributed by atoms with E-state index in [1.807, 2.05) is 30.3 Å². The molecule has 0 bridgehead atoms. The van der Waals surface area contributed by atoms with Crippen molar-refractivity contribution < 1.29 is 9.59 Å². The summed E-state index contributed by atoms with van der Waals surface area (Å²) in [6.45, 7) is 0.953. The van der Waals surface area contributed by atoms with E-state index in [1.165, 1.54) is 4.90 Å². The Hall–Kier alpha value is -2.47. The quantitative estimate of drug-likeness (QED) is 0.538. The lowest BCUT2D eigenvalue weighted by atomic mass is 10.1. The molecule has 0 aliphatic heterocycles. The number of carbonyl (C=O) groups is 2. The minimum absolute atomic E-state index is 0.104. The molecule has 0 fully saturated rings. The number of thioether (sulfide) groups is 1. The lowest BCUT2D eigenvalue weighted by molar-refractivity contribution is 0.0956. The Morgan fingerprint density at radius 3 is 2.30 bits per heavy atom. The van der Waals surface area contributed by atoms with E-state index in [-0.39, 0.29) is 5.91 Å². The van der Waals surface area contributed by atoms with Crippen molar-refractivity contribution in [2.75, 3.05) is 12.3 Å². The van der Waals surface area contributed by atoms with Gasteiger partial charge < -0.3 is 16.4 Å². The van der Waals surface area contributed by atoms with Crippen LogP contribution >= 0.6 is 11.8 Å². The van der Waals surface area contributed by atoms with Crippen LogP contribution in [0.1, 0.15) is 15.9 Å². The van der Waals surface area contributed by atoms with Gasteiger partial charge in [0.05, 0.1) is 0 Å². The molecular weight excluding hydrogens is 310 g/mol. The first-order valence-electron chi connectivity index (χ1n) is 7.23. The van der Waals surface area contributed by atoms with E-state index >= 15 is 0 Å². The van der Waals surface area contributed by atoms with Gasteiger partial charge in [0.25, 0.3) is 5.91 Å². The average molecular weight is 329 g/mol. The van der Waals surface area contributed by atoms with Gasteiger partial charge in [-0.25, -0.2) is 4.79 Å². The molecule has 0 saturated heterocycles. The summed E-state index contributed by atoms with van der Waals surface area (Å²) in [4.78, 5) is 23.9. The summed E-state index contributed by atoms with van der Waals surface area (Å²) < 4.78 is 0. The van der Waals surface area contributed by atoms with Crippen molar-refractivity contribution in [3.8, 4) is 0 Å². The number of nitrogens with two attached hydrogens (primary N) is 1. The fourth-order valence-corrected chi connectivity index (χ4v) is 2.70. The van der Waals surface area contributed by atoms with E-state index in [9.17, 15) is 9.59 Å². The maximum absolute atomic E-state index is 12.0. The zero-order valence-electron chi connectivity index (χ0n) is 12.6. The van der Waals surface area contributed by atoms with Crippen molar-refractivity contribution in [2.45, 2.75) is 11.4 Å². The molecule has 5 nitrogen and oxygen atoms in total. The summed E-state index contributed by atoms with van der Waals surface area (Å²) in [5.41, 5.74) is 6.50. The maximum Gasteiger partial charge on any atom is 0.312 e. The molecule has 4 N–H and O–H groups in total. The van der Waals surface area contributed by atoms with Gasteiger partial charge in [-0.15, -0.1) is 11.8 Å². The van der Waals surface area contributed by atoms with Crippen LogP contribution in [0.5, 0.6) is 0 Å². The van der Waals surface area contributed by atoms with Crippen LogP contribution in [0.25, 0.3) is 0 Å². The Morgan fingerprint density at radius 1 is 0.957 bits per heavy atom. The first kappa shape index (κ1) is 16.9. The summed E-state index contributed by atoms with van der Waals surface area (Å²) >= 11 is 1.70. The number of primary amides is 1. The van der Waals surface area contributed by atoms with Crippen molar-refractivity contribution in [1.82, 2.24) is 10.6 Å². The third-order valence-electron chi connectivity index (χ3n) is 3.08. The van der Waals surface area contributed by atoms with Crippen LogP contribution in [0.3, 0.4) is 0 Å². The SMILES string of the molecule is NC(=O)NCc1ccc(C(=O)NCCSc2ccccc2)cc1. The molecule has 2 aromatic rings. The second-order valence-electron chi connectivity index (χ2n) is 4.83. The van der Waals surface area contributed by atoms with E-state index in [0.29, 0.717) is 18.7 Å². The molecule has 0 unspecified atom stereocenters. The number of benzene rings is 2. The molecule has 0 aliphatic carbocycles. The Kier molecular flexibility index (Phi) is 6.50. The molecule has 120 valence electrons. The topological polar surface area (TPSA) is 84.2 Å². The van der Waals surface area contributed by atoms with Crippen molar-refractivity contribution in [1.29, 1.82) is 0 Å². The van der Waals surface area contributed by atoms with Gasteiger partial charge in [-0.05, 0) is 29.8 Å². The fourth-order valence-electron chi connectivity index (χ4n) is 1.92. The maximum atomic E-state index is 12.0. The normalized spacial score (nSPS) is 10.1. The van der Waals surface area contributed by atoms with Gasteiger partial charge >= 0.3 is 6.03 Å². The van der Waals surface area contributed by atoms with Gasteiger partial charge in [0.1, 0.15) is 0 Å². The van der Waals surface area contributed by atoms with Gasteiger partial charge in [-0.1, -0.05) is 30.3 Å². The highest BCUT2D eigenvalue weighted by Crippen LogP contribution is 2.15. The molecule has 6 heteroatoms. The van der Waals surface area contributed by atoms with Crippen LogP contribution in [0.2, 0.25) is 0 Å². The number of rotatable bonds is 7. The molecule has 0 spiro atoms. The van der Waals surface area contributed by atoms with E-state index in [0.717, 1.165) is 11.3 Å². The average Bonchev–Trinajstić information content (AvgIpc) is 2.58. The predicted molar refractivity (Wildman–Crippen MR) is 92.4 cm³/mol. The molecule has 0 aromatic heterocycles. The monoisotopic (exact) mass is 329 g/mol. The number of hydrogen-bond donors (Lipinski definition) is 3. The van der Waals surface area contributed by atoms with Gasteiger partial charge in [0.15, 0.2) is 0 Å². The molecule has 0 radical (unpaired) electrons. The summed E-state index contributed by atoms with van der Waals surface area (Å²) in [5, 5.41) is 5.39. The molecule has 0 aliphatic rings. The minimum Gasteiger partial charge on any atom is -0.352 e. The Balaban J connectivity index is 1.73. The van der Waals surface area contributed by atoms with Gasteiger partial charge in [-0.2, -0.15) is 0 Å². The van der Waals surface area contributed by atoms with Crippen LogP contribution < -0.4 is 16.4 Å². The highest BCUT2D eigenvalue weighted by atomic mass is 32.2. The largest absolute Gasteiger partial charge is 0.352 e. The van der Waals surface area contributed by atoms with E-state index in [1.54, 1.807) is 36.0 Å². The van der Waals surface area contributed by atoms with Crippen LogP contribution in [0.15, 0.2) is 59.5 Å². The van der Waals surface area contributed by atoms with Gasteiger partial charge in [-0.3, -0.25) is 4.79 Å². The lowest BCUT2D eigenvalue weighted by Gasteiger charge is -2.07. The predicted octanol–water partition coefficient (Wildman–Crippen LogP) is 2.38. The minimum atomic E-state index is -0.567. The third kappa shape index (κ3) is 6.04. The summed E-state index contributed by atoms with van der Waals surface area (Å²) in [5.74, 6) is 0.712. The van der Waals surface area contributed by atoms with Gasteiger partial charge in [0.2, 0.25) is 0 Å². The molecule has 0 atom stereocenters. The van der Waals surface area contributed by atoms with Crippen molar-refractivity contribution >= 4 is 23.7 Å². The number of carbonyl (C=O) groups excluding carboxylic acids is 2. The first-order valence-corrected chi connectivity index (χ1v) is 8.22. The second-order valence-corrected chi connectivity index (χ2v) is 6.00. The Labute approximate surface area is 139 Å². The van der Waals surface area contributed by atoms with E-state index in [2.05, 4.69) is 10.6 Å². The standard InChI is InChI=1S/C17H19N3O2S/c18-17(22)20-12-13-6-8-14(9-7-13)16(21)19-10-11-23-15-4-2-1-3-5-15/h1-9H,10-12H2,(H,19,21)(H3,18,20,22). The van der Waals surface area contributed by atoms with Gasteiger partial charge in [0, 0.05) is 29.3 Å². The Morgan fingerprint density at radius 2 is 1.65 bits per heavy atom. The zero-order valence-corrected chi connectivity index (χ0v) is 13.4. The summed E-state index contributed by atoms with van der Waals surface area (Å²) in [7, 11) is 0. The molecule has 3 amide bonds. The van der Waals surface area contributed by atoms with E-state index < -0.39 is 6.03 Å². The number of hydrogen-bond acceptors (Lipinski definition) is 3. The van der Waals surface area contributed by atoms with E-state index in [4.69, 9.17) is 5.73 Å². The molecular formula is C17H19N3O2S. The summed E-state index contributed by atoms with van der Waals surface area (Å²) in [6, 6.07) is 16.6. The molecule has 0 heterocycles. The fraction of sp³-hybridized carbons (Fsp3) is 0.176. The molecule has 2 rings (SSSR count). The highest BCUT2D eigenvalue weighted by Gasteiger charge is 2.05. The molecule has 0 saturated carbocycles. The Bertz CT molecular complexity index is 645.